The van der Waals surface area contributed by atoms with Crippen molar-refractivity contribution < 1.29 is 4.74 Å². The van der Waals surface area contributed by atoms with Crippen LogP contribution in [0, 0.1) is 0 Å². The lowest BCUT2D eigenvalue weighted by Gasteiger charge is -2.06. The van der Waals surface area contributed by atoms with Crippen LogP contribution in [0.15, 0.2) is 61.2 Å². The molecule has 23 heavy (non-hydrogen) atoms. The Hall–Kier alpha value is -3.08. The smallest absolute Gasteiger partial charge is 0.138 e. The maximum atomic E-state index is 5.87. The summed E-state index contributed by atoms with van der Waals surface area (Å²) in [5.41, 5.74) is 4.11. The largest absolute Gasteiger partial charge is 0.487 e. The Labute approximate surface area is 133 Å². The van der Waals surface area contributed by atoms with Crippen molar-refractivity contribution in [2.75, 3.05) is 0 Å². The molecule has 0 spiro atoms. The molecule has 0 aliphatic rings. The topological polar surface area (TPSA) is 55.7 Å². The summed E-state index contributed by atoms with van der Waals surface area (Å²) in [5, 5.41) is 5.26. The number of nitrogens with one attached hydrogen (secondary N) is 1. The lowest BCUT2D eigenvalue weighted by atomic mass is 10.1. The number of benzene rings is 1. The fourth-order valence-electron chi connectivity index (χ4n) is 2.60. The number of ether oxygens (including phenoxy) is 1. The molecule has 0 saturated carbocycles. The highest BCUT2D eigenvalue weighted by Gasteiger charge is 2.10. The maximum absolute atomic E-state index is 5.87. The summed E-state index contributed by atoms with van der Waals surface area (Å²) in [6, 6.07) is 12.1. The van der Waals surface area contributed by atoms with Gasteiger partial charge in [0.1, 0.15) is 18.0 Å². The third-order valence-corrected chi connectivity index (χ3v) is 3.77. The second-order valence-electron chi connectivity index (χ2n) is 5.45. The van der Waals surface area contributed by atoms with Gasteiger partial charge in [-0.15, -0.1) is 0 Å². The number of pyridine rings is 1. The van der Waals surface area contributed by atoms with E-state index in [0.717, 1.165) is 33.5 Å². The van der Waals surface area contributed by atoms with Crippen molar-refractivity contribution >= 4 is 11.0 Å². The van der Waals surface area contributed by atoms with Crippen molar-refractivity contribution in [3.63, 3.8) is 0 Å². The van der Waals surface area contributed by atoms with Crippen LogP contribution < -0.4 is 4.74 Å². The highest BCUT2D eigenvalue weighted by molar-refractivity contribution is 5.93. The van der Waals surface area contributed by atoms with E-state index < -0.39 is 0 Å². The first kappa shape index (κ1) is 13.6. The molecule has 4 aromatic rings. The first-order valence-corrected chi connectivity index (χ1v) is 7.42. The SMILES string of the molecule is Cn1cc(-c2c[nH]c3ncc(OCc4ccccc4)cc23)cn1. The van der Waals surface area contributed by atoms with E-state index in [-0.39, 0.29) is 0 Å². The van der Waals surface area contributed by atoms with Gasteiger partial charge < -0.3 is 9.72 Å². The number of hydrogen-bond donors (Lipinski definition) is 1. The van der Waals surface area contributed by atoms with Crippen molar-refractivity contribution in [1.82, 2.24) is 19.7 Å². The summed E-state index contributed by atoms with van der Waals surface area (Å²) < 4.78 is 7.66. The second kappa shape index (κ2) is 5.61. The molecule has 3 heterocycles. The third kappa shape index (κ3) is 2.68. The van der Waals surface area contributed by atoms with Gasteiger partial charge in [0.05, 0.1) is 12.4 Å². The van der Waals surface area contributed by atoms with Crippen LogP contribution in [0.3, 0.4) is 0 Å². The summed E-state index contributed by atoms with van der Waals surface area (Å²) in [6.45, 7) is 0.528. The number of H-pyrrole nitrogens is 1. The lowest BCUT2D eigenvalue weighted by molar-refractivity contribution is 0.305. The number of rotatable bonds is 4. The van der Waals surface area contributed by atoms with E-state index in [1.807, 2.05) is 62.0 Å². The highest BCUT2D eigenvalue weighted by Crippen LogP contribution is 2.29. The van der Waals surface area contributed by atoms with E-state index in [4.69, 9.17) is 4.74 Å². The minimum Gasteiger partial charge on any atom is -0.487 e. The van der Waals surface area contributed by atoms with Gasteiger partial charge in [-0.2, -0.15) is 5.10 Å². The van der Waals surface area contributed by atoms with Gasteiger partial charge in [-0.3, -0.25) is 4.68 Å². The van der Waals surface area contributed by atoms with Crippen LogP contribution in [0.5, 0.6) is 5.75 Å². The van der Waals surface area contributed by atoms with Gasteiger partial charge in [0.25, 0.3) is 0 Å². The average molecular weight is 304 g/mol. The molecule has 1 aromatic carbocycles. The van der Waals surface area contributed by atoms with Gasteiger partial charge in [0.15, 0.2) is 0 Å². The molecular formula is C18H16N4O. The van der Waals surface area contributed by atoms with Gasteiger partial charge in [-0.05, 0) is 11.6 Å². The lowest BCUT2D eigenvalue weighted by Crippen LogP contribution is -1.95. The van der Waals surface area contributed by atoms with E-state index in [9.17, 15) is 0 Å². The second-order valence-corrected chi connectivity index (χ2v) is 5.45. The fraction of sp³-hybridized carbons (Fsp3) is 0.111. The fourth-order valence-corrected chi connectivity index (χ4v) is 2.60. The Balaban J connectivity index is 1.64. The predicted molar refractivity (Wildman–Crippen MR) is 89.1 cm³/mol. The molecule has 114 valence electrons. The minimum absolute atomic E-state index is 0.528. The number of aromatic nitrogens is 4. The molecule has 0 radical (unpaired) electrons. The van der Waals surface area contributed by atoms with Crippen molar-refractivity contribution in [3.05, 3.63) is 66.7 Å². The van der Waals surface area contributed by atoms with Crippen LogP contribution in [0.1, 0.15) is 5.56 Å². The van der Waals surface area contributed by atoms with E-state index in [1.54, 1.807) is 10.9 Å². The Bertz CT molecular complexity index is 940. The molecule has 3 aromatic heterocycles. The Morgan fingerprint density at radius 2 is 2.04 bits per heavy atom. The first-order valence-electron chi connectivity index (χ1n) is 7.42. The number of aromatic amines is 1. The minimum atomic E-state index is 0.528. The highest BCUT2D eigenvalue weighted by atomic mass is 16.5. The number of aryl methyl sites for hydroxylation is 1. The Kier molecular flexibility index (Phi) is 3.31. The van der Waals surface area contributed by atoms with Crippen LogP contribution in [0.4, 0.5) is 0 Å². The summed E-state index contributed by atoms with van der Waals surface area (Å²) in [4.78, 5) is 7.63. The van der Waals surface area contributed by atoms with Gasteiger partial charge in [0.2, 0.25) is 0 Å². The van der Waals surface area contributed by atoms with Crippen molar-refractivity contribution in [2.24, 2.45) is 7.05 Å². The summed E-state index contributed by atoms with van der Waals surface area (Å²) >= 11 is 0. The van der Waals surface area contributed by atoms with E-state index in [0.29, 0.717) is 6.61 Å². The summed E-state index contributed by atoms with van der Waals surface area (Å²) in [6.07, 6.45) is 7.53. The molecule has 0 atom stereocenters. The molecule has 5 heteroatoms. The van der Waals surface area contributed by atoms with Crippen LogP contribution in [0.2, 0.25) is 0 Å². The molecule has 0 unspecified atom stereocenters. The molecule has 4 rings (SSSR count). The third-order valence-electron chi connectivity index (χ3n) is 3.77. The van der Waals surface area contributed by atoms with Gasteiger partial charge in [0, 0.05) is 36.0 Å². The summed E-state index contributed by atoms with van der Waals surface area (Å²) in [5.74, 6) is 0.756. The van der Waals surface area contributed by atoms with Gasteiger partial charge in [-0.1, -0.05) is 30.3 Å². The first-order chi connectivity index (χ1) is 11.3. The monoisotopic (exact) mass is 304 g/mol. The van der Waals surface area contributed by atoms with Crippen LogP contribution >= 0.6 is 0 Å². The molecule has 0 bridgehead atoms. The Morgan fingerprint density at radius 3 is 2.83 bits per heavy atom. The molecule has 0 aliphatic carbocycles. The van der Waals surface area contributed by atoms with Crippen molar-refractivity contribution in [1.29, 1.82) is 0 Å². The number of nitrogens with zero attached hydrogens (tertiary/aromatic N) is 3. The zero-order valence-electron chi connectivity index (χ0n) is 12.7. The molecule has 1 N–H and O–H groups in total. The molecular weight excluding hydrogens is 288 g/mol. The van der Waals surface area contributed by atoms with Crippen LogP contribution in [-0.4, -0.2) is 19.7 Å². The van der Waals surface area contributed by atoms with Gasteiger partial charge in [-0.25, -0.2) is 4.98 Å². The standard InChI is InChI=1S/C18H16N4O/c1-22-11-14(8-21-22)17-10-20-18-16(17)7-15(9-19-18)23-12-13-5-3-2-4-6-13/h2-11H,12H2,1H3,(H,19,20). The molecule has 0 fully saturated rings. The zero-order chi connectivity index (χ0) is 15.6. The molecule has 0 amide bonds. The maximum Gasteiger partial charge on any atom is 0.138 e. The zero-order valence-corrected chi connectivity index (χ0v) is 12.7. The van der Waals surface area contributed by atoms with Crippen molar-refractivity contribution in [2.45, 2.75) is 6.61 Å². The number of hydrogen-bond acceptors (Lipinski definition) is 3. The molecule has 0 saturated heterocycles. The normalized spacial score (nSPS) is 11.0. The predicted octanol–water partition coefficient (Wildman–Crippen LogP) is 3.54. The Morgan fingerprint density at radius 1 is 1.17 bits per heavy atom. The van der Waals surface area contributed by atoms with Crippen LogP contribution in [0.25, 0.3) is 22.2 Å². The van der Waals surface area contributed by atoms with E-state index in [1.165, 1.54) is 0 Å². The average Bonchev–Trinajstić information content (AvgIpc) is 3.19. The van der Waals surface area contributed by atoms with Crippen LogP contribution in [-0.2, 0) is 13.7 Å². The molecule has 0 aliphatic heterocycles. The van der Waals surface area contributed by atoms with Crippen molar-refractivity contribution in [3.8, 4) is 16.9 Å². The molecule has 5 nitrogen and oxygen atoms in total. The quantitative estimate of drug-likeness (QED) is 0.627. The van der Waals surface area contributed by atoms with Gasteiger partial charge >= 0.3 is 0 Å². The van der Waals surface area contributed by atoms with E-state index in [2.05, 4.69) is 15.1 Å². The number of fused-ring (bicyclic) bond motifs is 1. The summed E-state index contributed by atoms with van der Waals surface area (Å²) in [7, 11) is 1.91. The van der Waals surface area contributed by atoms with E-state index >= 15 is 0 Å².